The van der Waals surface area contributed by atoms with Gasteiger partial charge in [0.1, 0.15) is 5.82 Å². The molecule has 0 spiro atoms. The molecule has 1 heterocycles. The van der Waals surface area contributed by atoms with Crippen LogP contribution in [0.3, 0.4) is 0 Å². The Morgan fingerprint density at radius 2 is 2.08 bits per heavy atom. The first-order chi connectivity index (χ1) is 12.5. The number of hydrogen-bond acceptors (Lipinski definition) is 5. The molecular formula is C19H22F2N4O. The average molecular weight is 360 g/mol. The highest BCUT2D eigenvalue weighted by Gasteiger charge is 2.20. The van der Waals surface area contributed by atoms with E-state index in [9.17, 15) is 8.78 Å². The van der Waals surface area contributed by atoms with Gasteiger partial charge in [-0.3, -0.25) is 0 Å². The van der Waals surface area contributed by atoms with Crippen LogP contribution in [0.4, 0.5) is 14.5 Å². The van der Waals surface area contributed by atoms with Crippen molar-refractivity contribution in [2.45, 2.75) is 32.6 Å². The predicted molar refractivity (Wildman–Crippen MR) is 99.9 cm³/mol. The number of aliphatic hydroxyl groups is 1. The van der Waals surface area contributed by atoms with E-state index in [0.29, 0.717) is 30.6 Å². The maximum atomic E-state index is 13.7. The zero-order valence-corrected chi connectivity index (χ0v) is 14.5. The summed E-state index contributed by atoms with van der Waals surface area (Å²) in [6, 6.07) is 9.68. The van der Waals surface area contributed by atoms with Gasteiger partial charge in [0.05, 0.1) is 0 Å². The lowest BCUT2D eigenvalue weighted by atomic mass is 9.96. The Labute approximate surface area is 150 Å². The van der Waals surface area contributed by atoms with Gasteiger partial charge in [-0.05, 0) is 47.7 Å². The summed E-state index contributed by atoms with van der Waals surface area (Å²) < 4.78 is 27.0. The number of rotatable bonds is 6. The minimum absolute atomic E-state index is 0.105. The molecule has 0 saturated carbocycles. The lowest BCUT2D eigenvalue weighted by Crippen LogP contribution is -2.35. The third-order valence-electron chi connectivity index (χ3n) is 4.55. The van der Waals surface area contributed by atoms with E-state index in [1.54, 1.807) is 6.92 Å². The Bertz CT molecular complexity index is 879. The van der Waals surface area contributed by atoms with Gasteiger partial charge >= 0.3 is 0 Å². The van der Waals surface area contributed by atoms with Crippen LogP contribution in [0.1, 0.15) is 24.5 Å². The van der Waals surface area contributed by atoms with Crippen molar-refractivity contribution in [1.82, 2.24) is 10.6 Å². The summed E-state index contributed by atoms with van der Waals surface area (Å²) in [5.74, 6) is 0.290. The van der Waals surface area contributed by atoms with E-state index >= 15 is 0 Å². The molecule has 0 aromatic heterocycles. The van der Waals surface area contributed by atoms with Gasteiger partial charge in [-0.15, -0.1) is 0 Å². The molecule has 0 amide bonds. The monoisotopic (exact) mass is 360 g/mol. The number of aryl methyl sites for hydroxylation is 1. The van der Waals surface area contributed by atoms with E-state index in [-0.39, 0.29) is 12.4 Å². The summed E-state index contributed by atoms with van der Waals surface area (Å²) in [6.07, 6.45) is -1.30. The molecule has 1 aliphatic rings. The van der Waals surface area contributed by atoms with Gasteiger partial charge in [0.2, 0.25) is 6.30 Å². The largest absolute Gasteiger partial charge is 0.398 e. The van der Waals surface area contributed by atoms with Crippen LogP contribution in [-0.4, -0.2) is 24.1 Å². The Balaban J connectivity index is 1.88. The Hall–Kier alpha value is -2.67. The van der Waals surface area contributed by atoms with Crippen LogP contribution in [0.5, 0.6) is 0 Å². The second-order valence-electron chi connectivity index (χ2n) is 6.27. The van der Waals surface area contributed by atoms with E-state index in [2.05, 4.69) is 15.6 Å². The van der Waals surface area contributed by atoms with Crippen LogP contribution in [0.25, 0.3) is 10.8 Å². The molecule has 0 fully saturated rings. The molecule has 138 valence electrons. The SMILES string of the molecule is CC1=C(NCc2cccc3c(CCCO)c(N)ccc23)NC(F)=NC1F. The highest BCUT2D eigenvalue weighted by Crippen LogP contribution is 2.28. The molecule has 0 bridgehead atoms. The lowest BCUT2D eigenvalue weighted by molar-refractivity contribution is 0.289. The number of hydrogen-bond donors (Lipinski definition) is 4. The van der Waals surface area contributed by atoms with Crippen molar-refractivity contribution in [1.29, 1.82) is 0 Å². The topological polar surface area (TPSA) is 82.7 Å². The molecule has 5 N–H and O–H groups in total. The van der Waals surface area contributed by atoms with Crippen molar-refractivity contribution >= 4 is 22.5 Å². The molecule has 2 aromatic rings. The van der Waals surface area contributed by atoms with Crippen molar-refractivity contribution in [3.63, 3.8) is 0 Å². The Morgan fingerprint density at radius 3 is 2.85 bits per heavy atom. The summed E-state index contributed by atoms with van der Waals surface area (Å²) in [6.45, 7) is 2.06. The molecule has 1 aliphatic heterocycles. The minimum Gasteiger partial charge on any atom is -0.398 e. The maximum absolute atomic E-state index is 13.7. The number of nitrogens with zero attached hydrogens (tertiary/aromatic N) is 1. The van der Waals surface area contributed by atoms with Crippen molar-refractivity contribution in [2.24, 2.45) is 4.99 Å². The summed E-state index contributed by atoms with van der Waals surface area (Å²) in [5, 5.41) is 16.6. The number of halogens is 2. The van der Waals surface area contributed by atoms with Crippen molar-refractivity contribution in [2.75, 3.05) is 12.3 Å². The third-order valence-corrected chi connectivity index (χ3v) is 4.55. The van der Waals surface area contributed by atoms with Gasteiger partial charge < -0.3 is 21.5 Å². The first kappa shape index (κ1) is 18.1. The van der Waals surface area contributed by atoms with Gasteiger partial charge in [0.25, 0.3) is 6.09 Å². The third kappa shape index (κ3) is 3.62. The molecule has 1 unspecified atom stereocenters. The number of alkyl halides is 1. The fourth-order valence-electron chi connectivity index (χ4n) is 3.11. The number of nitrogens with two attached hydrogens (primary N) is 1. The van der Waals surface area contributed by atoms with Crippen LogP contribution in [0.15, 0.2) is 46.7 Å². The van der Waals surface area contributed by atoms with E-state index in [4.69, 9.17) is 10.8 Å². The number of amidine groups is 1. The van der Waals surface area contributed by atoms with Crippen LogP contribution in [0, 0.1) is 0 Å². The maximum Gasteiger partial charge on any atom is 0.286 e. The molecule has 0 aliphatic carbocycles. The van der Waals surface area contributed by atoms with Crippen LogP contribution >= 0.6 is 0 Å². The second kappa shape index (κ2) is 7.70. The fourth-order valence-corrected chi connectivity index (χ4v) is 3.11. The molecule has 3 rings (SSSR count). The number of fused-ring (bicyclic) bond motifs is 1. The van der Waals surface area contributed by atoms with Crippen LogP contribution in [0.2, 0.25) is 0 Å². The van der Waals surface area contributed by atoms with Gasteiger partial charge in [-0.1, -0.05) is 24.3 Å². The minimum atomic E-state index is -1.68. The lowest BCUT2D eigenvalue weighted by Gasteiger charge is -2.21. The summed E-state index contributed by atoms with van der Waals surface area (Å²) in [7, 11) is 0. The molecule has 5 nitrogen and oxygen atoms in total. The van der Waals surface area contributed by atoms with E-state index in [1.165, 1.54) is 0 Å². The Morgan fingerprint density at radius 1 is 1.27 bits per heavy atom. The van der Waals surface area contributed by atoms with Crippen molar-refractivity contribution < 1.29 is 13.9 Å². The highest BCUT2D eigenvalue weighted by molar-refractivity contribution is 5.92. The van der Waals surface area contributed by atoms with Crippen molar-refractivity contribution in [3.8, 4) is 0 Å². The Kier molecular flexibility index (Phi) is 5.37. The number of anilines is 1. The summed E-state index contributed by atoms with van der Waals surface area (Å²) in [4.78, 5) is 3.21. The number of nitrogen functional groups attached to an aromatic ring is 1. The molecule has 0 saturated heterocycles. The molecule has 1 atom stereocenters. The quantitative estimate of drug-likeness (QED) is 0.472. The van der Waals surface area contributed by atoms with Crippen molar-refractivity contribution in [3.05, 3.63) is 52.9 Å². The summed E-state index contributed by atoms with van der Waals surface area (Å²) >= 11 is 0. The second-order valence-corrected chi connectivity index (χ2v) is 6.27. The summed E-state index contributed by atoms with van der Waals surface area (Å²) in [5.41, 5.74) is 9.09. The number of benzene rings is 2. The van der Waals surface area contributed by atoms with E-state index in [0.717, 1.165) is 21.9 Å². The fraction of sp³-hybridized carbons (Fsp3) is 0.316. The smallest absolute Gasteiger partial charge is 0.286 e. The van der Waals surface area contributed by atoms with Gasteiger partial charge in [0, 0.05) is 24.4 Å². The molecular weight excluding hydrogens is 338 g/mol. The standard InChI is InChI=1S/C19H22F2N4O/c1-11-17(20)24-19(21)25-18(11)23-10-12-4-2-5-14-13(12)7-8-16(22)15(14)6-3-9-26/h2,4-5,7-8,17,23,26H,3,6,9-10,22H2,1H3,(H,24,25). The number of aliphatic imine (C=N–C) groups is 1. The first-order valence-corrected chi connectivity index (χ1v) is 8.50. The van der Waals surface area contributed by atoms with Gasteiger partial charge in [0.15, 0.2) is 0 Å². The van der Waals surface area contributed by atoms with E-state index < -0.39 is 12.4 Å². The zero-order chi connectivity index (χ0) is 18.7. The molecule has 26 heavy (non-hydrogen) atoms. The van der Waals surface area contributed by atoms with Gasteiger partial charge in [-0.2, -0.15) is 4.39 Å². The predicted octanol–water partition coefficient (Wildman–Crippen LogP) is 2.89. The molecule has 0 radical (unpaired) electrons. The molecule has 2 aromatic carbocycles. The number of nitrogens with one attached hydrogen (secondary N) is 2. The van der Waals surface area contributed by atoms with Gasteiger partial charge in [-0.25, -0.2) is 9.38 Å². The number of aliphatic hydroxyl groups excluding tert-OH is 1. The van der Waals surface area contributed by atoms with Crippen LogP contribution < -0.4 is 16.4 Å². The zero-order valence-electron chi connectivity index (χ0n) is 14.5. The highest BCUT2D eigenvalue weighted by atomic mass is 19.1. The van der Waals surface area contributed by atoms with E-state index in [1.807, 2.05) is 30.3 Å². The molecule has 7 heteroatoms. The first-order valence-electron chi connectivity index (χ1n) is 8.50. The van der Waals surface area contributed by atoms with Crippen LogP contribution in [-0.2, 0) is 13.0 Å². The average Bonchev–Trinajstić information content (AvgIpc) is 2.62. The normalized spacial score (nSPS) is 17.2.